The number of hydrogen-bond acceptors (Lipinski definition) is 1. The summed E-state index contributed by atoms with van der Waals surface area (Å²) in [5, 5.41) is 9.04. The maximum Gasteiger partial charge on any atom is 0.309 e. The lowest BCUT2D eigenvalue weighted by molar-refractivity contribution is -0.146. The van der Waals surface area contributed by atoms with Gasteiger partial charge < -0.3 is 5.11 Å². The molecule has 1 N–H and O–H groups in total. The van der Waals surface area contributed by atoms with Crippen molar-refractivity contribution in [1.29, 1.82) is 0 Å². The van der Waals surface area contributed by atoms with Crippen molar-refractivity contribution in [3.63, 3.8) is 0 Å². The number of rotatable bonds is 3. The largest absolute Gasteiger partial charge is 0.481 e. The lowest BCUT2D eigenvalue weighted by Gasteiger charge is -2.20. The Labute approximate surface area is 98.4 Å². The zero-order valence-corrected chi connectivity index (χ0v) is 10.8. The minimum atomic E-state index is -0.759. The first kappa shape index (κ1) is 12.2. The van der Waals surface area contributed by atoms with Crippen LogP contribution in [0.15, 0.2) is 22.7 Å². The predicted octanol–water partition coefficient (Wildman–Crippen LogP) is 3.41. The highest BCUT2D eigenvalue weighted by atomic mass is 79.9. The molecule has 0 aliphatic carbocycles. The maximum atomic E-state index is 11.0. The van der Waals surface area contributed by atoms with Gasteiger partial charge in [-0.25, -0.2) is 0 Å². The van der Waals surface area contributed by atoms with E-state index in [0.717, 1.165) is 15.6 Å². The number of carboxylic acid groups (broad SMARTS) is 1. The smallest absolute Gasteiger partial charge is 0.309 e. The molecule has 0 bridgehead atoms. The molecule has 0 saturated heterocycles. The summed E-state index contributed by atoms with van der Waals surface area (Å²) in [5.74, 6) is -0.759. The van der Waals surface area contributed by atoms with E-state index in [1.807, 2.05) is 25.1 Å². The Morgan fingerprint density at radius 2 is 2.07 bits per heavy atom. The summed E-state index contributed by atoms with van der Waals surface area (Å²) in [6.45, 7) is 5.49. The van der Waals surface area contributed by atoms with E-state index in [9.17, 15) is 4.79 Å². The van der Waals surface area contributed by atoms with E-state index in [-0.39, 0.29) is 0 Å². The fourth-order valence-electron chi connectivity index (χ4n) is 1.41. The summed E-state index contributed by atoms with van der Waals surface area (Å²) < 4.78 is 1.02. The van der Waals surface area contributed by atoms with E-state index < -0.39 is 11.4 Å². The van der Waals surface area contributed by atoms with Gasteiger partial charge in [0.1, 0.15) is 0 Å². The maximum absolute atomic E-state index is 11.0. The molecule has 0 fully saturated rings. The Hall–Kier alpha value is -0.830. The molecular weight excluding hydrogens is 256 g/mol. The number of aryl methyl sites for hydroxylation is 1. The summed E-state index contributed by atoms with van der Waals surface area (Å²) in [6.07, 6.45) is 0.557. The van der Waals surface area contributed by atoms with Gasteiger partial charge in [0.25, 0.3) is 0 Å². The van der Waals surface area contributed by atoms with Crippen LogP contribution in [0.25, 0.3) is 0 Å². The summed E-state index contributed by atoms with van der Waals surface area (Å²) in [5.41, 5.74) is 1.50. The summed E-state index contributed by atoms with van der Waals surface area (Å²) in [6, 6.07) is 5.93. The van der Waals surface area contributed by atoms with Crippen molar-refractivity contribution >= 4 is 21.9 Å². The second kappa shape index (κ2) is 4.35. The molecule has 2 nitrogen and oxygen atoms in total. The van der Waals surface area contributed by atoms with Gasteiger partial charge in [-0.1, -0.05) is 22.0 Å². The molecule has 0 aliphatic rings. The summed E-state index contributed by atoms with van der Waals surface area (Å²) in [7, 11) is 0. The predicted molar refractivity (Wildman–Crippen MR) is 64.0 cm³/mol. The molecule has 0 aliphatic heterocycles. The Kier molecular flexibility index (Phi) is 3.55. The topological polar surface area (TPSA) is 37.3 Å². The van der Waals surface area contributed by atoms with E-state index >= 15 is 0 Å². The van der Waals surface area contributed by atoms with Crippen molar-refractivity contribution in [1.82, 2.24) is 0 Å². The number of carbonyl (C=O) groups is 1. The molecule has 82 valence electrons. The molecule has 0 radical (unpaired) electrons. The quantitative estimate of drug-likeness (QED) is 0.914. The van der Waals surface area contributed by atoms with Crippen LogP contribution in [0.1, 0.15) is 25.0 Å². The van der Waals surface area contributed by atoms with Crippen LogP contribution in [0.5, 0.6) is 0 Å². The van der Waals surface area contributed by atoms with Gasteiger partial charge in [0.05, 0.1) is 5.41 Å². The average molecular weight is 271 g/mol. The van der Waals surface area contributed by atoms with E-state index in [0.29, 0.717) is 6.42 Å². The molecule has 3 heteroatoms. The highest BCUT2D eigenvalue weighted by molar-refractivity contribution is 9.10. The molecule has 0 saturated carbocycles. The number of benzene rings is 1. The molecule has 0 amide bonds. The van der Waals surface area contributed by atoms with Gasteiger partial charge in [-0.2, -0.15) is 0 Å². The van der Waals surface area contributed by atoms with Crippen molar-refractivity contribution in [2.75, 3.05) is 0 Å². The van der Waals surface area contributed by atoms with Crippen molar-refractivity contribution in [3.8, 4) is 0 Å². The van der Waals surface area contributed by atoms with Gasteiger partial charge in [0, 0.05) is 4.47 Å². The van der Waals surface area contributed by atoms with Crippen LogP contribution in [0.4, 0.5) is 0 Å². The molecule has 0 unspecified atom stereocenters. The van der Waals surface area contributed by atoms with Crippen molar-refractivity contribution in [3.05, 3.63) is 33.8 Å². The zero-order valence-electron chi connectivity index (χ0n) is 9.17. The molecule has 0 aromatic heterocycles. The normalized spacial score (nSPS) is 11.5. The zero-order chi connectivity index (χ0) is 11.6. The monoisotopic (exact) mass is 270 g/mol. The molecular formula is C12H15BrO2. The van der Waals surface area contributed by atoms with E-state index in [4.69, 9.17) is 5.11 Å². The fourth-order valence-corrected chi connectivity index (χ4v) is 1.88. The first-order chi connectivity index (χ1) is 6.83. The van der Waals surface area contributed by atoms with Gasteiger partial charge in [-0.3, -0.25) is 4.79 Å². The van der Waals surface area contributed by atoms with Gasteiger partial charge in [0.15, 0.2) is 0 Å². The minimum absolute atomic E-state index is 0.557. The third-order valence-corrected chi connectivity index (χ3v) is 3.01. The summed E-state index contributed by atoms with van der Waals surface area (Å²) in [4.78, 5) is 11.0. The molecule has 0 atom stereocenters. The highest BCUT2D eigenvalue weighted by Crippen LogP contribution is 2.25. The molecule has 1 rings (SSSR count). The SMILES string of the molecule is Cc1cc(Br)ccc1CC(C)(C)C(=O)O. The number of hydrogen-bond donors (Lipinski definition) is 1. The van der Waals surface area contributed by atoms with Crippen LogP contribution in [0, 0.1) is 12.3 Å². The van der Waals surface area contributed by atoms with Crippen LogP contribution >= 0.6 is 15.9 Å². The highest BCUT2D eigenvalue weighted by Gasteiger charge is 2.27. The average Bonchev–Trinajstić information content (AvgIpc) is 2.09. The lowest BCUT2D eigenvalue weighted by Crippen LogP contribution is -2.26. The number of halogens is 1. The third kappa shape index (κ3) is 3.06. The van der Waals surface area contributed by atoms with Gasteiger partial charge in [0.2, 0.25) is 0 Å². The van der Waals surface area contributed by atoms with Crippen LogP contribution in [0.2, 0.25) is 0 Å². The Balaban J connectivity index is 2.95. The van der Waals surface area contributed by atoms with Gasteiger partial charge in [-0.15, -0.1) is 0 Å². The Morgan fingerprint density at radius 3 is 2.53 bits per heavy atom. The van der Waals surface area contributed by atoms with Crippen molar-refractivity contribution in [2.24, 2.45) is 5.41 Å². The van der Waals surface area contributed by atoms with Crippen LogP contribution in [0.3, 0.4) is 0 Å². The van der Waals surface area contributed by atoms with E-state index in [2.05, 4.69) is 15.9 Å². The third-order valence-electron chi connectivity index (χ3n) is 2.52. The Morgan fingerprint density at radius 1 is 1.47 bits per heavy atom. The van der Waals surface area contributed by atoms with Gasteiger partial charge >= 0.3 is 5.97 Å². The minimum Gasteiger partial charge on any atom is -0.481 e. The molecule has 1 aromatic carbocycles. The fraction of sp³-hybridized carbons (Fsp3) is 0.417. The number of aliphatic carboxylic acids is 1. The summed E-state index contributed by atoms with van der Waals surface area (Å²) >= 11 is 3.39. The lowest BCUT2D eigenvalue weighted by atomic mass is 9.84. The molecule has 0 spiro atoms. The van der Waals surface area contributed by atoms with Crippen LogP contribution in [-0.4, -0.2) is 11.1 Å². The van der Waals surface area contributed by atoms with E-state index in [1.165, 1.54) is 0 Å². The standard InChI is InChI=1S/C12H15BrO2/c1-8-6-10(13)5-4-9(8)7-12(2,3)11(14)15/h4-6H,7H2,1-3H3,(H,14,15). The van der Waals surface area contributed by atoms with Crippen LogP contribution in [-0.2, 0) is 11.2 Å². The first-order valence-corrected chi connectivity index (χ1v) is 5.60. The second-order valence-corrected chi connectivity index (χ2v) is 5.35. The van der Waals surface area contributed by atoms with Crippen LogP contribution < -0.4 is 0 Å². The number of carboxylic acids is 1. The molecule has 15 heavy (non-hydrogen) atoms. The molecule has 0 heterocycles. The van der Waals surface area contributed by atoms with Crippen molar-refractivity contribution < 1.29 is 9.90 Å². The van der Waals surface area contributed by atoms with Gasteiger partial charge in [-0.05, 0) is 50.5 Å². The first-order valence-electron chi connectivity index (χ1n) is 4.81. The Bertz CT molecular complexity index is 383. The molecule has 1 aromatic rings. The van der Waals surface area contributed by atoms with Crippen molar-refractivity contribution in [2.45, 2.75) is 27.2 Å². The van der Waals surface area contributed by atoms with E-state index in [1.54, 1.807) is 13.8 Å². The second-order valence-electron chi connectivity index (χ2n) is 4.44.